The summed E-state index contributed by atoms with van der Waals surface area (Å²) in [6.07, 6.45) is 1.32. The van der Waals surface area contributed by atoms with Crippen LogP contribution in [0.4, 0.5) is 5.69 Å². The highest BCUT2D eigenvalue weighted by Gasteiger charge is 2.13. The molecule has 170 valence electrons. The fourth-order valence-electron chi connectivity index (χ4n) is 3.20. The van der Waals surface area contributed by atoms with Gasteiger partial charge in [-0.1, -0.05) is 43.8 Å². The van der Waals surface area contributed by atoms with E-state index < -0.39 is 0 Å². The van der Waals surface area contributed by atoms with Crippen molar-refractivity contribution in [2.75, 3.05) is 31.8 Å². The Morgan fingerprint density at radius 3 is 2.53 bits per heavy atom. The molecule has 0 aromatic heterocycles. The van der Waals surface area contributed by atoms with E-state index in [-0.39, 0.29) is 5.91 Å². The lowest BCUT2D eigenvalue weighted by atomic mass is 10.1. The Labute approximate surface area is 193 Å². The minimum Gasteiger partial charge on any atom is -0.493 e. The Kier molecular flexibility index (Phi) is 8.56. The zero-order valence-corrected chi connectivity index (χ0v) is 19.8. The number of ether oxygens (including phenoxy) is 2. The van der Waals surface area contributed by atoms with Crippen LogP contribution in [-0.4, -0.2) is 43.3 Å². The first kappa shape index (κ1) is 23.7. The van der Waals surface area contributed by atoms with E-state index in [1.165, 1.54) is 0 Å². The van der Waals surface area contributed by atoms with Crippen LogP contribution in [0.25, 0.3) is 0 Å². The van der Waals surface area contributed by atoms with E-state index in [2.05, 4.69) is 20.8 Å². The van der Waals surface area contributed by atoms with Crippen LogP contribution in [0.15, 0.2) is 52.6 Å². The molecule has 0 atom stereocenters. The van der Waals surface area contributed by atoms with E-state index in [9.17, 15) is 4.79 Å². The van der Waals surface area contributed by atoms with Crippen LogP contribution in [0.5, 0.6) is 11.5 Å². The van der Waals surface area contributed by atoms with Gasteiger partial charge in [-0.25, -0.2) is 0 Å². The summed E-state index contributed by atoms with van der Waals surface area (Å²) in [5, 5.41) is 8.22. The minimum atomic E-state index is 0.0360. The molecule has 8 heteroatoms. The molecule has 0 saturated heterocycles. The topological polar surface area (TPSA) is 84.3 Å². The van der Waals surface area contributed by atoms with Crippen molar-refractivity contribution >= 4 is 34.2 Å². The highest BCUT2D eigenvalue weighted by Crippen LogP contribution is 2.27. The molecule has 0 saturated carbocycles. The Morgan fingerprint density at radius 2 is 1.91 bits per heavy atom. The number of anilines is 1. The number of carbonyl (C=O) groups excluding carboxylic acids is 1. The second-order valence-electron chi connectivity index (χ2n) is 7.81. The Bertz CT molecular complexity index is 987. The molecular weight excluding hydrogens is 424 g/mol. The van der Waals surface area contributed by atoms with Crippen LogP contribution >= 0.6 is 11.8 Å². The van der Waals surface area contributed by atoms with Gasteiger partial charge in [0.25, 0.3) is 0 Å². The summed E-state index contributed by atoms with van der Waals surface area (Å²) < 4.78 is 10.6. The predicted octanol–water partition coefficient (Wildman–Crippen LogP) is 4.33. The van der Waals surface area contributed by atoms with Crippen molar-refractivity contribution in [3.05, 3.63) is 53.6 Å². The van der Waals surface area contributed by atoms with E-state index >= 15 is 0 Å². The average Bonchev–Trinajstić information content (AvgIpc) is 2.79. The molecule has 1 aliphatic heterocycles. The number of benzene rings is 2. The second-order valence-corrected chi connectivity index (χ2v) is 8.77. The summed E-state index contributed by atoms with van der Waals surface area (Å²) in [5.41, 5.74) is 6.96. The van der Waals surface area contributed by atoms with Crippen LogP contribution in [0.2, 0.25) is 0 Å². The van der Waals surface area contributed by atoms with E-state index in [0.717, 1.165) is 51.4 Å². The van der Waals surface area contributed by atoms with Crippen LogP contribution in [0.1, 0.15) is 31.4 Å². The van der Waals surface area contributed by atoms with Gasteiger partial charge in [0, 0.05) is 24.4 Å². The lowest BCUT2D eigenvalue weighted by molar-refractivity contribution is -0.116. The number of rotatable bonds is 9. The lowest BCUT2D eigenvalue weighted by Gasteiger charge is -2.15. The monoisotopic (exact) mass is 454 g/mol. The molecule has 7 nitrogen and oxygen atoms in total. The van der Waals surface area contributed by atoms with Gasteiger partial charge >= 0.3 is 0 Å². The molecule has 32 heavy (non-hydrogen) atoms. The van der Waals surface area contributed by atoms with Gasteiger partial charge < -0.3 is 14.8 Å². The molecular formula is C24H30N4O3S. The van der Waals surface area contributed by atoms with Crippen molar-refractivity contribution < 1.29 is 14.3 Å². The number of hydrogen-bond donors (Lipinski definition) is 2. The van der Waals surface area contributed by atoms with Crippen LogP contribution in [0.3, 0.4) is 0 Å². The highest BCUT2D eigenvalue weighted by molar-refractivity contribution is 8.14. The van der Waals surface area contributed by atoms with Crippen LogP contribution < -0.4 is 20.2 Å². The molecule has 0 fully saturated rings. The molecule has 1 amide bonds. The van der Waals surface area contributed by atoms with E-state index in [4.69, 9.17) is 9.47 Å². The zero-order valence-electron chi connectivity index (χ0n) is 19.0. The van der Waals surface area contributed by atoms with Gasteiger partial charge in [-0.2, -0.15) is 5.10 Å². The van der Waals surface area contributed by atoms with E-state index in [1.807, 2.05) is 56.3 Å². The van der Waals surface area contributed by atoms with E-state index in [1.54, 1.807) is 26.0 Å². The number of carbonyl (C=O) groups is 1. The first-order valence-corrected chi connectivity index (χ1v) is 11.6. The van der Waals surface area contributed by atoms with Crippen molar-refractivity contribution in [2.45, 2.75) is 26.7 Å². The zero-order chi connectivity index (χ0) is 22.9. The summed E-state index contributed by atoms with van der Waals surface area (Å²) in [7, 11) is 3.26. The third kappa shape index (κ3) is 6.75. The Hall–Kier alpha value is -3.00. The van der Waals surface area contributed by atoms with Crippen LogP contribution in [0, 0.1) is 5.92 Å². The van der Waals surface area contributed by atoms with Gasteiger partial charge in [0.15, 0.2) is 16.7 Å². The SMILES string of the molecule is COc1ccc(CCN=C2NN=C(c3ccc(NC(=O)CC(C)C)cc3)CS2)cc1OC. The van der Waals surface area contributed by atoms with Crippen molar-refractivity contribution in [3.8, 4) is 11.5 Å². The van der Waals surface area contributed by atoms with Gasteiger partial charge in [0.1, 0.15) is 0 Å². The summed E-state index contributed by atoms with van der Waals surface area (Å²) in [4.78, 5) is 16.5. The number of nitrogens with zero attached hydrogens (tertiary/aromatic N) is 2. The van der Waals surface area contributed by atoms with Crippen molar-refractivity contribution in [1.29, 1.82) is 0 Å². The molecule has 3 rings (SSSR count). The first-order valence-electron chi connectivity index (χ1n) is 10.6. The minimum absolute atomic E-state index is 0.0360. The number of hydrazone groups is 1. The van der Waals surface area contributed by atoms with Crippen LogP contribution in [-0.2, 0) is 11.2 Å². The van der Waals surface area contributed by atoms with E-state index in [0.29, 0.717) is 18.9 Å². The highest BCUT2D eigenvalue weighted by atomic mass is 32.2. The fraction of sp³-hybridized carbons (Fsp3) is 0.375. The van der Waals surface area contributed by atoms with Gasteiger partial charge in [-0.3, -0.25) is 15.2 Å². The number of thioether (sulfide) groups is 1. The maximum absolute atomic E-state index is 11.9. The predicted molar refractivity (Wildman–Crippen MR) is 132 cm³/mol. The Morgan fingerprint density at radius 1 is 1.16 bits per heavy atom. The third-order valence-electron chi connectivity index (χ3n) is 4.83. The molecule has 2 aromatic carbocycles. The molecule has 0 bridgehead atoms. The first-order chi connectivity index (χ1) is 15.5. The number of amides is 1. The molecule has 0 aliphatic carbocycles. The molecule has 0 spiro atoms. The second kappa shape index (κ2) is 11.6. The molecule has 2 aromatic rings. The van der Waals surface area contributed by atoms with Crippen molar-refractivity contribution in [1.82, 2.24) is 5.43 Å². The number of hydrogen-bond acceptors (Lipinski definition) is 6. The van der Waals surface area contributed by atoms with Gasteiger partial charge in [-0.15, -0.1) is 0 Å². The molecule has 2 N–H and O–H groups in total. The molecule has 0 unspecified atom stereocenters. The quantitative estimate of drug-likeness (QED) is 0.589. The van der Waals surface area contributed by atoms with Crippen molar-refractivity contribution in [3.63, 3.8) is 0 Å². The maximum Gasteiger partial charge on any atom is 0.224 e. The molecule has 1 heterocycles. The van der Waals surface area contributed by atoms with Gasteiger partial charge in [0.2, 0.25) is 5.91 Å². The van der Waals surface area contributed by atoms with Gasteiger partial charge in [-0.05, 0) is 47.7 Å². The largest absolute Gasteiger partial charge is 0.493 e. The molecule has 1 aliphatic rings. The maximum atomic E-state index is 11.9. The lowest BCUT2D eigenvalue weighted by Crippen LogP contribution is -2.25. The Balaban J connectivity index is 1.52. The van der Waals surface area contributed by atoms with Gasteiger partial charge in [0.05, 0.1) is 19.9 Å². The number of aliphatic imine (C=N–C) groups is 1. The summed E-state index contributed by atoms with van der Waals surface area (Å²) >= 11 is 1.63. The number of amidine groups is 1. The van der Waals surface area contributed by atoms with Crippen molar-refractivity contribution in [2.24, 2.45) is 16.0 Å². The number of nitrogens with one attached hydrogen (secondary N) is 2. The number of methoxy groups -OCH3 is 2. The molecule has 0 radical (unpaired) electrons. The summed E-state index contributed by atoms with van der Waals surface area (Å²) in [6.45, 7) is 4.71. The third-order valence-corrected chi connectivity index (χ3v) is 5.74. The average molecular weight is 455 g/mol. The summed E-state index contributed by atoms with van der Waals surface area (Å²) in [5.74, 6) is 2.56. The normalized spacial score (nSPS) is 14.7. The fourth-order valence-corrected chi connectivity index (χ4v) is 3.99. The summed E-state index contributed by atoms with van der Waals surface area (Å²) in [6, 6.07) is 13.7. The standard InChI is InChI=1S/C24H30N4O3S/c1-16(2)13-23(29)26-19-8-6-18(7-9-19)20-15-32-24(28-27-20)25-12-11-17-5-10-21(30-3)22(14-17)31-4/h5-10,14,16H,11-13,15H2,1-4H3,(H,25,28)(H,26,29). The smallest absolute Gasteiger partial charge is 0.224 e.